The molecule has 0 bridgehead atoms. The Kier molecular flexibility index (Phi) is 5.09. The molecule has 2 atom stereocenters. The number of carbonyl (C=O) groups excluding carboxylic acids is 1. The Morgan fingerprint density at radius 2 is 1.96 bits per heavy atom. The fourth-order valence-electron chi connectivity index (χ4n) is 2.76. The van der Waals surface area contributed by atoms with Gasteiger partial charge < -0.3 is 9.84 Å². The van der Waals surface area contributed by atoms with Crippen LogP contribution >= 0.6 is 0 Å². The van der Waals surface area contributed by atoms with E-state index in [0.717, 1.165) is 11.1 Å². The van der Waals surface area contributed by atoms with Crippen molar-refractivity contribution in [1.82, 2.24) is 4.90 Å². The van der Waals surface area contributed by atoms with E-state index in [1.807, 2.05) is 26.8 Å². The van der Waals surface area contributed by atoms with Crippen LogP contribution in [0.15, 0.2) is 30.3 Å². The number of ether oxygens (including phenoxy) is 1. The summed E-state index contributed by atoms with van der Waals surface area (Å²) in [6.45, 7) is 7.55. The predicted octanol–water partition coefficient (Wildman–Crippen LogP) is 3.60. The maximum Gasteiger partial charge on any atom is 0.410 e. The van der Waals surface area contributed by atoms with E-state index in [-0.39, 0.29) is 5.82 Å². The van der Waals surface area contributed by atoms with Gasteiger partial charge in [0.1, 0.15) is 11.4 Å². The molecule has 2 unspecified atom stereocenters. The van der Waals surface area contributed by atoms with Crippen LogP contribution in [0.3, 0.4) is 0 Å². The molecule has 4 nitrogen and oxygen atoms in total. The van der Waals surface area contributed by atoms with Crippen LogP contribution < -0.4 is 0 Å². The van der Waals surface area contributed by atoms with Gasteiger partial charge in [0.05, 0.1) is 12.1 Å². The molecule has 1 aliphatic rings. The highest BCUT2D eigenvalue weighted by atomic mass is 19.1. The first kappa shape index (κ1) is 17.5. The molecule has 1 amide bonds. The van der Waals surface area contributed by atoms with E-state index >= 15 is 0 Å². The summed E-state index contributed by atoms with van der Waals surface area (Å²) >= 11 is 0. The molecular formula is C18H24FNO3. The second kappa shape index (κ2) is 6.71. The molecule has 0 saturated heterocycles. The molecule has 0 aromatic heterocycles. The predicted molar refractivity (Wildman–Crippen MR) is 87.4 cm³/mol. The molecule has 0 spiro atoms. The minimum Gasteiger partial charge on any atom is -0.444 e. The quantitative estimate of drug-likeness (QED) is 0.905. The summed E-state index contributed by atoms with van der Waals surface area (Å²) < 4.78 is 18.6. The fraction of sp³-hybridized carbons (Fsp3) is 0.500. The Balaban J connectivity index is 2.31. The van der Waals surface area contributed by atoms with Gasteiger partial charge in [-0.3, -0.25) is 4.90 Å². The lowest BCUT2D eigenvalue weighted by atomic mass is 9.90. The van der Waals surface area contributed by atoms with Crippen molar-refractivity contribution in [2.24, 2.45) is 0 Å². The maximum atomic E-state index is 13.1. The molecule has 1 aromatic carbocycles. The van der Waals surface area contributed by atoms with Crippen molar-refractivity contribution in [2.75, 3.05) is 6.54 Å². The van der Waals surface area contributed by atoms with Crippen LogP contribution in [0.5, 0.6) is 0 Å². The van der Waals surface area contributed by atoms with Crippen LogP contribution in [0.1, 0.15) is 39.7 Å². The Bertz CT molecular complexity index is 587. The van der Waals surface area contributed by atoms with Crippen LogP contribution in [0, 0.1) is 5.82 Å². The molecule has 1 N–H and O–H groups in total. The van der Waals surface area contributed by atoms with Gasteiger partial charge in [-0.2, -0.15) is 0 Å². The third-order valence-electron chi connectivity index (χ3n) is 3.65. The van der Waals surface area contributed by atoms with Crippen molar-refractivity contribution in [3.63, 3.8) is 0 Å². The van der Waals surface area contributed by atoms with Gasteiger partial charge in [0, 0.05) is 6.54 Å². The second-order valence-corrected chi connectivity index (χ2v) is 6.81. The fourth-order valence-corrected chi connectivity index (χ4v) is 2.76. The van der Waals surface area contributed by atoms with Crippen molar-refractivity contribution < 1.29 is 19.0 Å². The van der Waals surface area contributed by atoms with Crippen LogP contribution in [-0.4, -0.2) is 40.4 Å². The number of carbonyl (C=O) groups is 1. The highest BCUT2D eigenvalue weighted by molar-refractivity contribution is 5.78. The molecule has 1 aliphatic heterocycles. The zero-order valence-electron chi connectivity index (χ0n) is 14.0. The molecule has 1 aromatic rings. The molecule has 1 heterocycles. The molecule has 5 heteroatoms. The van der Waals surface area contributed by atoms with Crippen LogP contribution in [0.4, 0.5) is 9.18 Å². The van der Waals surface area contributed by atoms with Gasteiger partial charge in [-0.25, -0.2) is 9.18 Å². The van der Waals surface area contributed by atoms with Crippen LogP contribution in [0.2, 0.25) is 0 Å². The molecule has 0 fully saturated rings. The summed E-state index contributed by atoms with van der Waals surface area (Å²) in [6.07, 6.45) is 1.44. The number of nitrogens with zero attached hydrogens (tertiary/aromatic N) is 1. The van der Waals surface area contributed by atoms with Crippen molar-refractivity contribution in [3.05, 3.63) is 41.7 Å². The van der Waals surface area contributed by atoms with Gasteiger partial charge in [-0.1, -0.05) is 18.2 Å². The van der Waals surface area contributed by atoms with Crippen LogP contribution in [-0.2, 0) is 4.74 Å². The van der Waals surface area contributed by atoms with Gasteiger partial charge in [-0.05, 0) is 57.4 Å². The van der Waals surface area contributed by atoms with Crippen molar-refractivity contribution in [1.29, 1.82) is 0 Å². The first-order valence-corrected chi connectivity index (χ1v) is 7.83. The molecule has 126 valence electrons. The van der Waals surface area contributed by atoms with Gasteiger partial charge in [0.15, 0.2) is 0 Å². The topological polar surface area (TPSA) is 49.8 Å². The lowest BCUT2D eigenvalue weighted by molar-refractivity contribution is 0.00617. The first-order valence-electron chi connectivity index (χ1n) is 7.83. The Hall–Kier alpha value is -1.88. The standard InChI is InChI=1S/C18H24FNO3/c1-12(21)16-15(13-7-9-14(19)10-8-13)6-5-11-20(16)17(22)23-18(2,3)4/h6-10,12,16,21H,5,11H2,1-4H3. The summed E-state index contributed by atoms with van der Waals surface area (Å²) in [4.78, 5) is 14.0. The normalized spacial score (nSPS) is 20.0. The summed E-state index contributed by atoms with van der Waals surface area (Å²) in [6, 6.07) is 5.57. The van der Waals surface area contributed by atoms with Crippen molar-refractivity contribution >= 4 is 11.7 Å². The monoisotopic (exact) mass is 321 g/mol. The van der Waals surface area contributed by atoms with E-state index in [0.29, 0.717) is 13.0 Å². The molecule has 0 radical (unpaired) electrons. The average molecular weight is 321 g/mol. The zero-order valence-corrected chi connectivity index (χ0v) is 14.0. The summed E-state index contributed by atoms with van der Waals surface area (Å²) in [7, 11) is 0. The molecule has 23 heavy (non-hydrogen) atoms. The third kappa shape index (κ3) is 4.32. The molecule has 0 aliphatic carbocycles. The van der Waals surface area contributed by atoms with Gasteiger partial charge in [-0.15, -0.1) is 0 Å². The number of aliphatic hydroxyl groups excluding tert-OH is 1. The summed E-state index contributed by atoms with van der Waals surface area (Å²) in [5, 5.41) is 10.2. The third-order valence-corrected chi connectivity index (χ3v) is 3.65. The number of hydrogen-bond donors (Lipinski definition) is 1. The summed E-state index contributed by atoms with van der Waals surface area (Å²) in [5.41, 5.74) is 1.01. The Labute approximate surface area is 136 Å². The molecule has 2 rings (SSSR count). The SMILES string of the molecule is CC(O)C1C(c2ccc(F)cc2)=CCCN1C(=O)OC(C)(C)C. The van der Waals surface area contributed by atoms with E-state index in [1.54, 1.807) is 24.0 Å². The van der Waals surface area contributed by atoms with Crippen LogP contribution in [0.25, 0.3) is 5.57 Å². The zero-order chi connectivity index (χ0) is 17.2. The lowest BCUT2D eigenvalue weighted by Crippen LogP contribution is -2.50. The number of benzene rings is 1. The second-order valence-electron chi connectivity index (χ2n) is 6.81. The summed E-state index contributed by atoms with van der Waals surface area (Å²) in [5.74, 6) is -0.317. The van der Waals surface area contributed by atoms with E-state index in [4.69, 9.17) is 4.74 Å². The highest BCUT2D eigenvalue weighted by Crippen LogP contribution is 2.30. The number of rotatable bonds is 2. The highest BCUT2D eigenvalue weighted by Gasteiger charge is 2.35. The van der Waals surface area contributed by atoms with Crippen molar-refractivity contribution in [3.8, 4) is 0 Å². The molecular weight excluding hydrogens is 297 g/mol. The van der Waals surface area contributed by atoms with Gasteiger partial charge in [0.2, 0.25) is 0 Å². The maximum absolute atomic E-state index is 13.1. The van der Waals surface area contributed by atoms with E-state index in [9.17, 15) is 14.3 Å². The number of halogens is 1. The number of amides is 1. The van der Waals surface area contributed by atoms with E-state index in [1.165, 1.54) is 12.1 Å². The van der Waals surface area contributed by atoms with E-state index in [2.05, 4.69) is 0 Å². The minimum absolute atomic E-state index is 0.317. The number of aliphatic hydroxyl groups is 1. The lowest BCUT2D eigenvalue weighted by Gasteiger charge is -2.39. The number of hydrogen-bond acceptors (Lipinski definition) is 3. The van der Waals surface area contributed by atoms with Gasteiger partial charge in [0.25, 0.3) is 0 Å². The molecule has 0 saturated carbocycles. The first-order chi connectivity index (χ1) is 10.7. The Morgan fingerprint density at radius 3 is 2.48 bits per heavy atom. The minimum atomic E-state index is -0.765. The Morgan fingerprint density at radius 1 is 1.35 bits per heavy atom. The van der Waals surface area contributed by atoms with E-state index < -0.39 is 23.8 Å². The van der Waals surface area contributed by atoms with Crippen molar-refractivity contribution in [2.45, 2.75) is 51.9 Å². The average Bonchev–Trinajstić information content (AvgIpc) is 2.45. The largest absolute Gasteiger partial charge is 0.444 e. The smallest absolute Gasteiger partial charge is 0.410 e. The van der Waals surface area contributed by atoms with Gasteiger partial charge >= 0.3 is 6.09 Å².